The van der Waals surface area contributed by atoms with Crippen LogP contribution < -0.4 is 11.1 Å². The van der Waals surface area contributed by atoms with E-state index in [-0.39, 0.29) is 0 Å². The normalized spacial score (nSPS) is 11.8. The van der Waals surface area contributed by atoms with Gasteiger partial charge in [0.25, 0.3) is 0 Å². The Kier molecular flexibility index (Phi) is 4.55. The molecule has 0 saturated carbocycles. The highest BCUT2D eigenvalue weighted by atomic mass is 19.1. The summed E-state index contributed by atoms with van der Waals surface area (Å²) in [7, 11) is 1.25. The van der Waals surface area contributed by atoms with E-state index in [4.69, 9.17) is 5.73 Å². The monoisotopic (exact) mass is 288 g/mol. The summed E-state index contributed by atoms with van der Waals surface area (Å²) in [6.45, 7) is 1.59. The van der Waals surface area contributed by atoms with Crippen LogP contribution in [0.1, 0.15) is 22.7 Å². The largest absolute Gasteiger partial charge is 0.453 e. The van der Waals surface area contributed by atoms with Crippen LogP contribution >= 0.6 is 0 Å². The number of amides is 1. The molecule has 110 valence electrons. The third-order valence-electron chi connectivity index (χ3n) is 3.34. The van der Waals surface area contributed by atoms with Crippen molar-refractivity contribution in [2.24, 2.45) is 5.73 Å². The fourth-order valence-corrected chi connectivity index (χ4v) is 2.13. The molecule has 0 spiro atoms. The molecule has 4 nitrogen and oxygen atoms in total. The van der Waals surface area contributed by atoms with Crippen LogP contribution in [0.4, 0.5) is 14.9 Å². The highest BCUT2D eigenvalue weighted by molar-refractivity contribution is 5.87. The maximum atomic E-state index is 13.7. The Balaban J connectivity index is 2.48. The molecule has 0 aliphatic carbocycles. The Morgan fingerprint density at radius 3 is 2.52 bits per heavy atom. The first-order valence-electron chi connectivity index (χ1n) is 6.49. The number of benzene rings is 2. The number of carbonyl (C=O) groups is 1. The van der Waals surface area contributed by atoms with Gasteiger partial charge in [-0.2, -0.15) is 0 Å². The quantitative estimate of drug-likeness (QED) is 0.910. The molecule has 2 aromatic rings. The molecule has 3 N–H and O–H groups in total. The standard InChI is InChI=1S/C16H17FN2O2/c1-10-13(17)9-8-12(15(10)19-16(20)21-2)14(18)11-6-4-3-5-7-11/h3-9,14H,18H2,1-2H3,(H,19,20). The van der Waals surface area contributed by atoms with Crippen LogP contribution in [-0.2, 0) is 4.74 Å². The van der Waals surface area contributed by atoms with Gasteiger partial charge in [0, 0.05) is 5.56 Å². The Labute approximate surface area is 122 Å². The van der Waals surface area contributed by atoms with Crippen molar-refractivity contribution in [1.82, 2.24) is 0 Å². The van der Waals surface area contributed by atoms with Crippen molar-refractivity contribution in [2.75, 3.05) is 12.4 Å². The second-order valence-corrected chi connectivity index (χ2v) is 4.64. The van der Waals surface area contributed by atoms with E-state index in [1.54, 1.807) is 13.0 Å². The maximum Gasteiger partial charge on any atom is 0.411 e. The Morgan fingerprint density at radius 2 is 1.90 bits per heavy atom. The number of nitrogens with one attached hydrogen (secondary N) is 1. The number of ether oxygens (including phenoxy) is 1. The minimum Gasteiger partial charge on any atom is -0.453 e. The van der Waals surface area contributed by atoms with Gasteiger partial charge in [-0.3, -0.25) is 5.32 Å². The summed E-state index contributed by atoms with van der Waals surface area (Å²) >= 11 is 0. The predicted molar refractivity (Wildman–Crippen MR) is 79.6 cm³/mol. The summed E-state index contributed by atoms with van der Waals surface area (Å²) in [5.41, 5.74) is 8.41. The molecule has 0 fully saturated rings. The van der Waals surface area contributed by atoms with Crippen molar-refractivity contribution in [2.45, 2.75) is 13.0 Å². The number of anilines is 1. The van der Waals surface area contributed by atoms with E-state index < -0.39 is 18.0 Å². The summed E-state index contributed by atoms with van der Waals surface area (Å²) in [5.74, 6) is -0.412. The molecule has 2 aromatic carbocycles. The molecular weight excluding hydrogens is 271 g/mol. The molecule has 0 aromatic heterocycles. The van der Waals surface area contributed by atoms with Crippen molar-refractivity contribution in [3.63, 3.8) is 0 Å². The minimum atomic E-state index is -0.662. The lowest BCUT2D eigenvalue weighted by Crippen LogP contribution is -2.19. The number of nitrogens with two attached hydrogens (primary N) is 1. The molecule has 1 atom stereocenters. The van der Waals surface area contributed by atoms with Crippen LogP contribution in [0.25, 0.3) is 0 Å². The SMILES string of the molecule is COC(=O)Nc1c(C(N)c2ccccc2)ccc(F)c1C. The minimum absolute atomic E-state index is 0.323. The van der Waals surface area contributed by atoms with Crippen LogP contribution in [0.3, 0.4) is 0 Å². The number of halogens is 1. The highest BCUT2D eigenvalue weighted by Gasteiger charge is 2.18. The molecule has 2 rings (SSSR count). The van der Waals surface area contributed by atoms with Crippen molar-refractivity contribution >= 4 is 11.8 Å². The molecule has 0 aliphatic heterocycles. The lowest BCUT2D eigenvalue weighted by Gasteiger charge is -2.19. The van der Waals surface area contributed by atoms with Gasteiger partial charge < -0.3 is 10.5 Å². The molecule has 0 saturated heterocycles. The molecule has 1 unspecified atom stereocenters. The van der Waals surface area contributed by atoms with E-state index in [2.05, 4.69) is 10.1 Å². The van der Waals surface area contributed by atoms with E-state index in [9.17, 15) is 9.18 Å². The van der Waals surface area contributed by atoms with Crippen molar-refractivity contribution in [3.8, 4) is 0 Å². The van der Waals surface area contributed by atoms with Crippen molar-refractivity contribution < 1.29 is 13.9 Å². The third kappa shape index (κ3) is 3.20. The van der Waals surface area contributed by atoms with Crippen LogP contribution in [-0.4, -0.2) is 13.2 Å². The summed E-state index contributed by atoms with van der Waals surface area (Å²) in [6.07, 6.45) is -0.662. The smallest absolute Gasteiger partial charge is 0.411 e. The van der Waals surface area contributed by atoms with Crippen LogP contribution in [0.2, 0.25) is 0 Å². The van der Waals surface area contributed by atoms with E-state index in [0.29, 0.717) is 16.8 Å². The zero-order valence-corrected chi connectivity index (χ0v) is 11.9. The average Bonchev–Trinajstić information content (AvgIpc) is 2.52. The van der Waals surface area contributed by atoms with Gasteiger partial charge in [-0.1, -0.05) is 36.4 Å². The summed E-state index contributed by atoms with van der Waals surface area (Å²) in [4.78, 5) is 11.5. The van der Waals surface area contributed by atoms with Crippen LogP contribution in [0, 0.1) is 12.7 Å². The lowest BCUT2D eigenvalue weighted by molar-refractivity contribution is 0.187. The lowest BCUT2D eigenvalue weighted by atomic mass is 9.95. The Morgan fingerprint density at radius 1 is 1.24 bits per heavy atom. The first-order valence-corrected chi connectivity index (χ1v) is 6.49. The van der Waals surface area contributed by atoms with Gasteiger partial charge in [-0.25, -0.2) is 9.18 Å². The highest BCUT2D eigenvalue weighted by Crippen LogP contribution is 2.30. The summed E-state index contributed by atoms with van der Waals surface area (Å²) in [5, 5.41) is 2.54. The van der Waals surface area contributed by atoms with Crippen LogP contribution in [0.5, 0.6) is 0 Å². The van der Waals surface area contributed by atoms with E-state index in [0.717, 1.165) is 5.56 Å². The van der Waals surface area contributed by atoms with E-state index in [1.165, 1.54) is 13.2 Å². The zero-order chi connectivity index (χ0) is 15.4. The van der Waals surface area contributed by atoms with E-state index >= 15 is 0 Å². The summed E-state index contributed by atoms with van der Waals surface area (Å²) in [6, 6.07) is 11.8. The van der Waals surface area contributed by atoms with Gasteiger partial charge >= 0.3 is 6.09 Å². The average molecular weight is 288 g/mol. The molecule has 0 aliphatic rings. The fraction of sp³-hybridized carbons (Fsp3) is 0.188. The molecule has 0 bridgehead atoms. The Hall–Kier alpha value is -2.40. The molecule has 21 heavy (non-hydrogen) atoms. The maximum absolute atomic E-state index is 13.7. The topological polar surface area (TPSA) is 64.3 Å². The van der Waals surface area contributed by atoms with Gasteiger partial charge in [0.05, 0.1) is 18.8 Å². The number of hydrogen-bond donors (Lipinski definition) is 2. The second-order valence-electron chi connectivity index (χ2n) is 4.64. The first-order chi connectivity index (χ1) is 10.0. The fourth-order valence-electron chi connectivity index (χ4n) is 2.13. The summed E-state index contributed by atoms with van der Waals surface area (Å²) < 4.78 is 18.3. The van der Waals surface area contributed by atoms with Gasteiger partial charge in [0.1, 0.15) is 5.82 Å². The van der Waals surface area contributed by atoms with Gasteiger partial charge in [0.15, 0.2) is 0 Å². The predicted octanol–water partition coefficient (Wildman–Crippen LogP) is 3.36. The molecule has 0 radical (unpaired) electrons. The third-order valence-corrected chi connectivity index (χ3v) is 3.34. The molecule has 0 heterocycles. The Bertz CT molecular complexity index is 644. The molecule has 1 amide bonds. The zero-order valence-electron chi connectivity index (χ0n) is 11.9. The van der Waals surface area contributed by atoms with Gasteiger partial charge in [0.2, 0.25) is 0 Å². The van der Waals surface area contributed by atoms with Gasteiger partial charge in [-0.05, 0) is 24.1 Å². The number of methoxy groups -OCH3 is 1. The number of carbonyl (C=O) groups excluding carboxylic acids is 1. The van der Waals surface area contributed by atoms with Crippen molar-refractivity contribution in [3.05, 3.63) is 65.0 Å². The number of hydrogen-bond acceptors (Lipinski definition) is 3. The molecular formula is C16H17FN2O2. The first kappa shape index (κ1) is 15.0. The van der Waals surface area contributed by atoms with Gasteiger partial charge in [-0.15, -0.1) is 0 Å². The molecule has 5 heteroatoms. The second kappa shape index (κ2) is 6.37. The number of rotatable bonds is 3. The van der Waals surface area contributed by atoms with Crippen molar-refractivity contribution in [1.29, 1.82) is 0 Å². The van der Waals surface area contributed by atoms with E-state index in [1.807, 2.05) is 30.3 Å². The van der Waals surface area contributed by atoms with Crippen LogP contribution in [0.15, 0.2) is 42.5 Å².